The smallest absolute Gasteiger partial charge is 0.169 e. The standard InChI is InChI=1S/C14H14O2S/c15-14(10-4-3-7-16-8-10)12-9-17-13-6-2-1-5-11(12)13/h1-2,5-6,9-10H,3-4,7-8H2. The molecular weight excluding hydrogens is 232 g/mol. The number of carbonyl (C=O) groups is 1. The summed E-state index contributed by atoms with van der Waals surface area (Å²) < 4.78 is 6.58. The SMILES string of the molecule is O=C(c1csc2ccccc12)C1CCCOC1. The molecule has 2 nitrogen and oxygen atoms in total. The van der Waals surface area contributed by atoms with Gasteiger partial charge in [-0.25, -0.2) is 0 Å². The minimum atomic E-state index is 0.0572. The summed E-state index contributed by atoms with van der Waals surface area (Å²) in [6.07, 6.45) is 1.96. The molecule has 1 fully saturated rings. The molecule has 1 saturated heterocycles. The molecule has 1 unspecified atom stereocenters. The second-order valence-corrected chi connectivity index (χ2v) is 5.34. The highest BCUT2D eigenvalue weighted by Gasteiger charge is 2.24. The van der Waals surface area contributed by atoms with E-state index in [2.05, 4.69) is 6.07 Å². The third-order valence-corrected chi connectivity index (χ3v) is 4.24. The molecule has 17 heavy (non-hydrogen) atoms. The summed E-state index contributed by atoms with van der Waals surface area (Å²) in [6.45, 7) is 1.39. The van der Waals surface area contributed by atoms with E-state index in [0.29, 0.717) is 6.61 Å². The Morgan fingerprint density at radius 3 is 3.06 bits per heavy atom. The Morgan fingerprint density at radius 1 is 1.35 bits per heavy atom. The summed E-state index contributed by atoms with van der Waals surface area (Å²) in [5.41, 5.74) is 0.876. The minimum Gasteiger partial charge on any atom is -0.381 e. The molecule has 0 bridgehead atoms. The molecule has 1 aliphatic heterocycles. The largest absolute Gasteiger partial charge is 0.381 e. The first-order valence-corrected chi connectivity index (χ1v) is 6.82. The first kappa shape index (κ1) is 10.9. The predicted octanol–water partition coefficient (Wildman–Crippen LogP) is 3.51. The van der Waals surface area contributed by atoms with Crippen molar-refractivity contribution in [1.29, 1.82) is 0 Å². The summed E-state index contributed by atoms with van der Waals surface area (Å²) in [4.78, 5) is 12.4. The van der Waals surface area contributed by atoms with E-state index in [1.165, 1.54) is 4.70 Å². The van der Waals surface area contributed by atoms with Gasteiger partial charge in [0, 0.05) is 33.6 Å². The number of fused-ring (bicyclic) bond motifs is 1. The molecule has 1 aromatic heterocycles. The van der Waals surface area contributed by atoms with Gasteiger partial charge in [0.15, 0.2) is 5.78 Å². The van der Waals surface area contributed by atoms with E-state index in [-0.39, 0.29) is 11.7 Å². The lowest BCUT2D eigenvalue weighted by Crippen LogP contribution is -2.25. The van der Waals surface area contributed by atoms with Gasteiger partial charge in [0.1, 0.15) is 0 Å². The van der Waals surface area contributed by atoms with Crippen LogP contribution in [0.2, 0.25) is 0 Å². The number of ether oxygens (including phenoxy) is 1. The second-order valence-electron chi connectivity index (χ2n) is 4.42. The Morgan fingerprint density at radius 2 is 2.24 bits per heavy atom. The van der Waals surface area contributed by atoms with E-state index in [4.69, 9.17) is 4.74 Å². The molecule has 0 aliphatic carbocycles. The van der Waals surface area contributed by atoms with Gasteiger partial charge >= 0.3 is 0 Å². The molecule has 1 aromatic carbocycles. The molecule has 3 rings (SSSR count). The van der Waals surface area contributed by atoms with Crippen molar-refractivity contribution in [3.05, 3.63) is 35.2 Å². The number of rotatable bonds is 2. The summed E-state index contributed by atoms with van der Waals surface area (Å²) >= 11 is 1.64. The summed E-state index contributed by atoms with van der Waals surface area (Å²) in [5, 5.41) is 3.08. The van der Waals surface area contributed by atoms with Crippen LogP contribution in [-0.2, 0) is 4.74 Å². The van der Waals surface area contributed by atoms with Crippen molar-refractivity contribution < 1.29 is 9.53 Å². The molecule has 2 heterocycles. The highest BCUT2D eigenvalue weighted by molar-refractivity contribution is 7.17. The van der Waals surface area contributed by atoms with Crippen LogP contribution in [0.15, 0.2) is 29.6 Å². The number of benzene rings is 1. The predicted molar refractivity (Wildman–Crippen MR) is 69.7 cm³/mol. The zero-order chi connectivity index (χ0) is 11.7. The van der Waals surface area contributed by atoms with E-state index in [0.717, 1.165) is 30.4 Å². The van der Waals surface area contributed by atoms with Crippen LogP contribution in [0.3, 0.4) is 0 Å². The lowest BCUT2D eigenvalue weighted by Gasteiger charge is -2.20. The highest BCUT2D eigenvalue weighted by atomic mass is 32.1. The van der Waals surface area contributed by atoms with Crippen LogP contribution in [0.5, 0.6) is 0 Å². The molecule has 3 heteroatoms. The second kappa shape index (κ2) is 4.59. The summed E-state index contributed by atoms with van der Waals surface area (Å²) in [6, 6.07) is 8.09. The lowest BCUT2D eigenvalue weighted by molar-refractivity contribution is 0.0462. The Labute approximate surface area is 104 Å². The van der Waals surface area contributed by atoms with Crippen molar-refractivity contribution in [1.82, 2.24) is 0 Å². The van der Waals surface area contributed by atoms with Crippen molar-refractivity contribution >= 4 is 27.2 Å². The van der Waals surface area contributed by atoms with E-state index < -0.39 is 0 Å². The Hall–Kier alpha value is -1.19. The maximum absolute atomic E-state index is 12.4. The Balaban J connectivity index is 1.95. The van der Waals surface area contributed by atoms with Crippen molar-refractivity contribution in [2.24, 2.45) is 5.92 Å². The topological polar surface area (TPSA) is 26.3 Å². The molecule has 0 spiro atoms. The molecule has 88 valence electrons. The average Bonchev–Trinajstić information content (AvgIpc) is 2.83. The van der Waals surface area contributed by atoms with Gasteiger partial charge in [-0.05, 0) is 18.9 Å². The zero-order valence-corrected chi connectivity index (χ0v) is 10.3. The Bertz CT molecular complexity index is 538. The highest BCUT2D eigenvalue weighted by Crippen LogP contribution is 2.29. The number of thiophene rings is 1. The van der Waals surface area contributed by atoms with Gasteiger partial charge in [0.25, 0.3) is 0 Å². The third kappa shape index (κ3) is 2.01. The number of carbonyl (C=O) groups excluding carboxylic acids is 1. The van der Waals surface area contributed by atoms with Gasteiger partial charge in [0.05, 0.1) is 6.61 Å². The van der Waals surface area contributed by atoms with Crippen molar-refractivity contribution in [3.63, 3.8) is 0 Å². The van der Waals surface area contributed by atoms with Gasteiger partial charge in [-0.3, -0.25) is 4.79 Å². The van der Waals surface area contributed by atoms with Gasteiger partial charge < -0.3 is 4.74 Å². The quantitative estimate of drug-likeness (QED) is 0.758. The molecule has 0 saturated carbocycles. The van der Waals surface area contributed by atoms with Crippen LogP contribution < -0.4 is 0 Å². The first-order valence-electron chi connectivity index (χ1n) is 5.94. The average molecular weight is 246 g/mol. The van der Waals surface area contributed by atoms with Crippen LogP contribution in [0, 0.1) is 5.92 Å². The van der Waals surface area contributed by atoms with Crippen LogP contribution in [0.25, 0.3) is 10.1 Å². The molecule has 0 radical (unpaired) electrons. The van der Waals surface area contributed by atoms with Gasteiger partial charge in [-0.2, -0.15) is 0 Å². The fourth-order valence-electron chi connectivity index (χ4n) is 2.34. The van der Waals surface area contributed by atoms with Gasteiger partial charge in [-0.15, -0.1) is 11.3 Å². The van der Waals surface area contributed by atoms with Crippen LogP contribution in [0.1, 0.15) is 23.2 Å². The molecular formula is C14H14O2S. The monoisotopic (exact) mass is 246 g/mol. The fraction of sp³-hybridized carbons (Fsp3) is 0.357. The van der Waals surface area contributed by atoms with Gasteiger partial charge in [0.2, 0.25) is 0 Å². The van der Waals surface area contributed by atoms with Crippen molar-refractivity contribution in [2.45, 2.75) is 12.8 Å². The van der Waals surface area contributed by atoms with E-state index in [1.807, 2.05) is 23.6 Å². The zero-order valence-electron chi connectivity index (χ0n) is 9.52. The maximum atomic E-state index is 12.4. The van der Waals surface area contributed by atoms with Crippen molar-refractivity contribution in [2.75, 3.05) is 13.2 Å². The van der Waals surface area contributed by atoms with Gasteiger partial charge in [-0.1, -0.05) is 18.2 Å². The minimum absolute atomic E-state index is 0.0572. The lowest BCUT2D eigenvalue weighted by atomic mass is 9.92. The van der Waals surface area contributed by atoms with Crippen LogP contribution in [-0.4, -0.2) is 19.0 Å². The molecule has 1 aliphatic rings. The van der Waals surface area contributed by atoms with Crippen LogP contribution in [0.4, 0.5) is 0 Å². The Kier molecular flexibility index (Phi) is 2.95. The first-order chi connectivity index (χ1) is 8.36. The third-order valence-electron chi connectivity index (χ3n) is 3.28. The molecule has 2 aromatic rings. The molecule has 0 amide bonds. The normalized spacial score (nSPS) is 20.6. The molecule has 1 atom stereocenters. The number of hydrogen-bond donors (Lipinski definition) is 0. The number of hydrogen-bond acceptors (Lipinski definition) is 3. The fourth-order valence-corrected chi connectivity index (χ4v) is 3.29. The van der Waals surface area contributed by atoms with E-state index in [1.54, 1.807) is 11.3 Å². The number of Topliss-reactive ketones (excluding diaryl/α,β-unsaturated/α-hetero) is 1. The molecule has 0 N–H and O–H groups in total. The van der Waals surface area contributed by atoms with Crippen LogP contribution >= 0.6 is 11.3 Å². The van der Waals surface area contributed by atoms with Crippen molar-refractivity contribution in [3.8, 4) is 0 Å². The summed E-state index contributed by atoms with van der Waals surface area (Å²) in [7, 11) is 0. The number of ketones is 1. The van der Waals surface area contributed by atoms with E-state index in [9.17, 15) is 4.79 Å². The maximum Gasteiger partial charge on any atom is 0.169 e. The summed E-state index contributed by atoms with van der Waals surface area (Å²) in [5.74, 6) is 0.309. The van der Waals surface area contributed by atoms with E-state index >= 15 is 0 Å².